The lowest BCUT2D eigenvalue weighted by atomic mass is 10.0. The predicted octanol–water partition coefficient (Wildman–Crippen LogP) is 3.00. The first-order valence-electron chi connectivity index (χ1n) is 9.07. The van der Waals surface area contributed by atoms with E-state index < -0.39 is 0 Å². The Labute approximate surface area is 171 Å². The third-order valence-corrected chi connectivity index (χ3v) is 5.39. The molecule has 28 heavy (non-hydrogen) atoms. The lowest BCUT2D eigenvalue weighted by Crippen LogP contribution is -2.48. The van der Waals surface area contributed by atoms with Gasteiger partial charge in [-0.05, 0) is 37.1 Å². The highest BCUT2D eigenvalue weighted by Crippen LogP contribution is 2.27. The number of carbonyl (C=O) groups excluding carboxylic acids is 1. The third-order valence-electron chi connectivity index (χ3n) is 4.90. The van der Waals surface area contributed by atoms with Crippen LogP contribution >= 0.6 is 15.9 Å². The number of aryl methyl sites for hydroxylation is 1. The Morgan fingerprint density at radius 1 is 1.39 bits per heavy atom. The van der Waals surface area contributed by atoms with Crippen molar-refractivity contribution in [1.82, 2.24) is 19.9 Å². The standard InChI is InChI=1S/C20H19BrN6O/c1-26-11-18(23-12-26)20(28)24-15-3-2-6-27(10-15)19-7-13(9-22)16-8-14(21)4-5-17(16)25-19/h4-5,7-8,11-12,15H,2-3,6,10H2,1H3,(H,24,28)/t15-/m0/s1. The number of nitrogens with zero attached hydrogens (tertiary/aromatic N) is 5. The molecule has 1 aliphatic rings. The van der Waals surface area contributed by atoms with Gasteiger partial charge in [0.1, 0.15) is 11.5 Å². The van der Waals surface area contributed by atoms with Crippen molar-refractivity contribution in [1.29, 1.82) is 5.26 Å². The summed E-state index contributed by atoms with van der Waals surface area (Å²) in [5, 5.41) is 13.5. The zero-order valence-electron chi connectivity index (χ0n) is 15.4. The van der Waals surface area contributed by atoms with Crippen LogP contribution in [-0.2, 0) is 7.05 Å². The van der Waals surface area contributed by atoms with Crippen LogP contribution in [0.4, 0.5) is 5.82 Å². The zero-order valence-corrected chi connectivity index (χ0v) is 17.0. The fourth-order valence-electron chi connectivity index (χ4n) is 3.53. The Morgan fingerprint density at radius 2 is 2.25 bits per heavy atom. The van der Waals surface area contributed by atoms with Crippen molar-refractivity contribution in [3.63, 3.8) is 0 Å². The number of rotatable bonds is 3. The number of imidazole rings is 1. The molecular weight excluding hydrogens is 420 g/mol. The maximum Gasteiger partial charge on any atom is 0.271 e. The van der Waals surface area contributed by atoms with E-state index in [1.54, 1.807) is 17.1 Å². The Bertz CT molecular complexity index is 1090. The van der Waals surface area contributed by atoms with Gasteiger partial charge in [0.05, 0.1) is 23.5 Å². The van der Waals surface area contributed by atoms with Crippen molar-refractivity contribution in [3.8, 4) is 6.07 Å². The van der Waals surface area contributed by atoms with E-state index in [9.17, 15) is 10.1 Å². The molecule has 1 amide bonds. The number of piperidine rings is 1. The number of nitrogens with one attached hydrogen (secondary N) is 1. The minimum atomic E-state index is -0.165. The number of anilines is 1. The summed E-state index contributed by atoms with van der Waals surface area (Å²) >= 11 is 3.45. The number of hydrogen-bond donors (Lipinski definition) is 1. The van der Waals surface area contributed by atoms with E-state index in [1.165, 1.54) is 0 Å². The van der Waals surface area contributed by atoms with E-state index in [2.05, 4.69) is 37.2 Å². The second kappa shape index (κ2) is 7.60. The Morgan fingerprint density at radius 3 is 3.00 bits per heavy atom. The molecular formula is C20H19BrN6O. The molecule has 142 valence electrons. The van der Waals surface area contributed by atoms with Gasteiger partial charge < -0.3 is 14.8 Å². The maximum absolute atomic E-state index is 12.4. The summed E-state index contributed by atoms with van der Waals surface area (Å²) in [6, 6.07) is 9.86. The summed E-state index contributed by atoms with van der Waals surface area (Å²) in [4.78, 5) is 23.4. The molecule has 3 aromatic rings. The van der Waals surface area contributed by atoms with Crippen LogP contribution in [0.2, 0.25) is 0 Å². The largest absolute Gasteiger partial charge is 0.355 e. The highest BCUT2D eigenvalue weighted by molar-refractivity contribution is 9.10. The van der Waals surface area contributed by atoms with Gasteiger partial charge in [0.15, 0.2) is 0 Å². The third kappa shape index (κ3) is 3.71. The fraction of sp³-hybridized carbons (Fsp3) is 0.300. The number of aromatic nitrogens is 3. The Kier molecular flexibility index (Phi) is 5.01. The van der Waals surface area contributed by atoms with E-state index >= 15 is 0 Å². The molecule has 1 aliphatic heterocycles. The summed E-state index contributed by atoms with van der Waals surface area (Å²) in [5.74, 6) is 0.602. The smallest absolute Gasteiger partial charge is 0.271 e. The molecule has 1 aromatic carbocycles. The van der Waals surface area contributed by atoms with Gasteiger partial charge in [-0.3, -0.25) is 4.79 Å². The molecule has 0 unspecified atom stereocenters. The van der Waals surface area contributed by atoms with Gasteiger partial charge in [0.2, 0.25) is 0 Å². The summed E-state index contributed by atoms with van der Waals surface area (Å²) in [7, 11) is 1.84. The average molecular weight is 439 g/mol. The summed E-state index contributed by atoms with van der Waals surface area (Å²) in [5.41, 5.74) is 1.80. The number of pyridine rings is 1. The van der Waals surface area contributed by atoms with Gasteiger partial charge in [0.25, 0.3) is 5.91 Å². The van der Waals surface area contributed by atoms with Crippen LogP contribution in [0.3, 0.4) is 0 Å². The van der Waals surface area contributed by atoms with Crippen molar-refractivity contribution in [2.75, 3.05) is 18.0 Å². The van der Waals surface area contributed by atoms with Gasteiger partial charge in [-0.2, -0.15) is 5.26 Å². The van der Waals surface area contributed by atoms with E-state index in [1.807, 2.05) is 31.3 Å². The first-order valence-corrected chi connectivity index (χ1v) is 9.87. The van der Waals surface area contributed by atoms with Crippen molar-refractivity contribution >= 4 is 38.6 Å². The van der Waals surface area contributed by atoms with Crippen LogP contribution in [0, 0.1) is 11.3 Å². The van der Waals surface area contributed by atoms with Crippen molar-refractivity contribution in [2.45, 2.75) is 18.9 Å². The number of nitriles is 1. The molecule has 1 N–H and O–H groups in total. The van der Waals surface area contributed by atoms with Gasteiger partial charge in [0, 0.05) is 42.2 Å². The van der Waals surface area contributed by atoms with Gasteiger partial charge in [-0.15, -0.1) is 0 Å². The van der Waals surface area contributed by atoms with Crippen molar-refractivity contribution < 1.29 is 4.79 Å². The highest BCUT2D eigenvalue weighted by atomic mass is 79.9. The van der Waals surface area contributed by atoms with Crippen LogP contribution < -0.4 is 10.2 Å². The van der Waals surface area contributed by atoms with Gasteiger partial charge >= 0.3 is 0 Å². The molecule has 0 saturated carbocycles. The number of fused-ring (bicyclic) bond motifs is 1. The monoisotopic (exact) mass is 438 g/mol. The van der Waals surface area contributed by atoms with Crippen LogP contribution in [0.1, 0.15) is 28.9 Å². The van der Waals surface area contributed by atoms with E-state index in [-0.39, 0.29) is 11.9 Å². The molecule has 1 fully saturated rings. The number of halogens is 1. The van der Waals surface area contributed by atoms with Crippen molar-refractivity contribution in [2.24, 2.45) is 7.05 Å². The van der Waals surface area contributed by atoms with Crippen LogP contribution in [0.15, 0.2) is 41.3 Å². The van der Waals surface area contributed by atoms with E-state index in [4.69, 9.17) is 4.98 Å². The maximum atomic E-state index is 12.4. The van der Waals surface area contributed by atoms with Gasteiger partial charge in [-0.25, -0.2) is 9.97 Å². The molecule has 1 atom stereocenters. The Balaban J connectivity index is 1.55. The highest BCUT2D eigenvalue weighted by Gasteiger charge is 2.24. The molecule has 0 spiro atoms. The lowest BCUT2D eigenvalue weighted by molar-refractivity contribution is 0.0928. The quantitative estimate of drug-likeness (QED) is 0.678. The molecule has 2 aromatic heterocycles. The predicted molar refractivity (Wildman–Crippen MR) is 110 cm³/mol. The summed E-state index contributed by atoms with van der Waals surface area (Å²) < 4.78 is 2.67. The molecule has 0 aliphatic carbocycles. The van der Waals surface area contributed by atoms with Gasteiger partial charge in [-0.1, -0.05) is 15.9 Å². The normalized spacial score (nSPS) is 16.8. The average Bonchev–Trinajstić information content (AvgIpc) is 3.14. The molecule has 7 nitrogen and oxygen atoms in total. The minimum absolute atomic E-state index is 0.0104. The van der Waals surface area contributed by atoms with Crippen LogP contribution in [0.25, 0.3) is 10.9 Å². The molecule has 3 heterocycles. The molecule has 4 rings (SSSR count). The first-order chi connectivity index (χ1) is 13.5. The number of amides is 1. The fourth-order valence-corrected chi connectivity index (χ4v) is 3.89. The lowest BCUT2D eigenvalue weighted by Gasteiger charge is -2.34. The molecule has 1 saturated heterocycles. The second-order valence-corrected chi connectivity index (χ2v) is 7.90. The number of hydrogen-bond acceptors (Lipinski definition) is 5. The van der Waals surface area contributed by atoms with E-state index in [0.717, 1.165) is 40.6 Å². The minimum Gasteiger partial charge on any atom is -0.355 e. The van der Waals surface area contributed by atoms with Crippen LogP contribution in [0.5, 0.6) is 0 Å². The van der Waals surface area contributed by atoms with Crippen molar-refractivity contribution in [3.05, 3.63) is 52.5 Å². The second-order valence-electron chi connectivity index (χ2n) is 6.98. The molecule has 8 heteroatoms. The summed E-state index contributed by atoms with van der Waals surface area (Å²) in [6.45, 7) is 1.49. The first kappa shape index (κ1) is 18.4. The number of benzene rings is 1. The SMILES string of the molecule is Cn1cnc(C(=O)N[C@H]2CCCN(c3cc(C#N)c4cc(Br)ccc4n3)C2)c1. The summed E-state index contributed by atoms with van der Waals surface area (Å²) in [6.07, 6.45) is 5.16. The molecule has 0 radical (unpaired) electrons. The topological polar surface area (TPSA) is 86.8 Å². The Hall–Kier alpha value is -2.92. The molecule has 0 bridgehead atoms. The number of carbonyl (C=O) groups is 1. The van der Waals surface area contributed by atoms with Crippen LogP contribution in [-0.4, -0.2) is 39.6 Å². The zero-order chi connectivity index (χ0) is 19.7. The van der Waals surface area contributed by atoms with E-state index in [0.29, 0.717) is 17.8 Å².